The summed E-state index contributed by atoms with van der Waals surface area (Å²) in [5.41, 5.74) is 4.79. The van der Waals surface area contributed by atoms with Gasteiger partial charge in [-0.3, -0.25) is 4.79 Å². The van der Waals surface area contributed by atoms with Crippen molar-refractivity contribution in [2.24, 2.45) is 0 Å². The maximum Gasteiger partial charge on any atom is 0.407 e. The lowest BCUT2D eigenvalue weighted by atomic mass is 9.72. The first-order chi connectivity index (χ1) is 16.5. The van der Waals surface area contributed by atoms with Gasteiger partial charge >= 0.3 is 12.1 Å². The van der Waals surface area contributed by atoms with Crippen molar-refractivity contribution >= 4 is 12.1 Å². The number of carbonyl (C=O) groups excluding carboxylic acids is 1. The number of amides is 1. The van der Waals surface area contributed by atoms with E-state index in [1.807, 2.05) is 54.6 Å². The average Bonchev–Trinajstić information content (AvgIpc) is 3.14. The Morgan fingerprint density at radius 2 is 1.47 bits per heavy atom. The lowest BCUT2D eigenvalue weighted by Crippen LogP contribution is -2.61. The van der Waals surface area contributed by atoms with Crippen molar-refractivity contribution in [1.82, 2.24) is 5.32 Å². The SMILES string of the molecule is O=C(O)CC1(NC(=O)OCC2c3ccccc3-c3ccccc32)CC(OCc2ccccc2)C1. The van der Waals surface area contributed by atoms with Gasteiger partial charge in [0.1, 0.15) is 6.61 Å². The van der Waals surface area contributed by atoms with Gasteiger partial charge in [-0.05, 0) is 40.7 Å². The van der Waals surface area contributed by atoms with Crippen molar-refractivity contribution in [1.29, 1.82) is 0 Å². The van der Waals surface area contributed by atoms with Crippen molar-refractivity contribution < 1.29 is 24.2 Å². The second-order valence-corrected chi connectivity index (χ2v) is 9.13. The highest BCUT2D eigenvalue weighted by molar-refractivity contribution is 5.79. The summed E-state index contributed by atoms with van der Waals surface area (Å²) in [6.07, 6.45) is 0.0211. The fourth-order valence-electron chi connectivity index (χ4n) is 5.15. The zero-order valence-corrected chi connectivity index (χ0v) is 18.8. The zero-order chi connectivity index (χ0) is 23.5. The minimum Gasteiger partial charge on any atom is -0.481 e. The van der Waals surface area contributed by atoms with Crippen molar-refractivity contribution in [3.05, 3.63) is 95.6 Å². The first kappa shape index (κ1) is 22.2. The summed E-state index contributed by atoms with van der Waals surface area (Å²) in [4.78, 5) is 24.2. The van der Waals surface area contributed by atoms with Gasteiger partial charge in [0.2, 0.25) is 0 Å². The Bertz CT molecular complexity index is 1140. The highest BCUT2D eigenvalue weighted by atomic mass is 16.5. The van der Waals surface area contributed by atoms with Gasteiger partial charge in [-0.25, -0.2) is 4.79 Å². The average molecular weight is 458 g/mol. The number of alkyl carbamates (subject to hydrolysis) is 1. The van der Waals surface area contributed by atoms with E-state index in [4.69, 9.17) is 9.47 Å². The van der Waals surface area contributed by atoms with Crippen molar-refractivity contribution in [2.75, 3.05) is 6.61 Å². The molecule has 1 fully saturated rings. The van der Waals surface area contributed by atoms with Gasteiger partial charge in [0.05, 0.1) is 24.7 Å². The molecule has 6 nitrogen and oxygen atoms in total. The van der Waals surface area contributed by atoms with Crippen LogP contribution in [0.25, 0.3) is 11.1 Å². The number of aliphatic carboxylic acids is 1. The van der Waals surface area contributed by atoms with Crippen LogP contribution in [-0.2, 0) is 20.9 Å². The molecule has 0 unspecified atom stereocenters. The number of hydrogen-bond acceptors (Lipinski definition) is 4. The van der Waals surface area contributed by atoms with E-state index < -0.39 is 17.6 Å². The molecule has 0 radical (unpaired) electrons. The van der Waals surface area contributed by atoms with Crippen molar-refractivity contribution in [3.8, 4) is 11.1 Å². The molecule has 3 aromatic carbocycles. The van der Waals surface area contributed by atoms with E-state index in [1.54, 1.807) is 0 Å². The molecule has 6 heteroatoms. The van der Waals surface area contributed by atoms with Gasteiger partial charge in [-0.1, -0.05) is 78.9 Å². The highest BCUT2D eigenvalue weighted by Crippen LogP contribution is 2.44. The van der Waals surface area contributed by atoms with Crippen molar-refractivity contribution in [3.63, 3.8) is 0 Å². The van der Waals surface area contributed by atoms with Crippen LogP contribution in [0.2, 0.25) is 0 Å². The van der Waals surface area contributed by atoms with Crippen LogP contribution in [0.5, 0.6) is 0 Å². The number of rotatable bonds is 8. The topological polar surface area (TPSA) is 84.9 Å². The molecule has 3 aromatic rings. The zero-order valence-electron chi connectivity index (χ0n) is 18.8. The summed E-state index contributed by atoms with van der Waals surface area (Å²) in [6, 6.07) is 26.1. The lowest BCUT2D eigenvalue weighted by molar-refractivity contribution is -0.142. The highest BCUT2D eigenvalue weighted by Gasteiger charge is 2.48. The van der Waals surface area contributed by atoms with Gasteiger partial charge in [0, 0.05) is 5.92 Å². The van der Waals surface area contributed by atoms with E-state index in [1.165, 1.54) is 0 Å². The second-order valence-electron chi connectivity index (χ2n) is 9.13. The quantitative estimate of drug-likeness (QED) is 0.491. The van der Waals surface area contributed by atoms with E-state index >= 15 is 0 Å². The number of hydrogen-bond donors (Lipinski definition) is 2. The van der Waals surface area contributed by atoms with E-state index in [0.29, 0.717) is 19.4 Å². The third-order valence-electron chi connectivity index (χ3n) is 6.77. The molecule has 0 heterocycles. The van der Waals surface area contributed by atoms with Gasteiger partial charge < -0.3 is 19.9 Å². The van der Waals surface area contributed by atoms with Gasteiger partial charge in [-0.2, -0.15) is 0 Å². The first-order valence-electron chi connectivity index (χ1n) is 11.5. The Kier molecular flexibility index (Phi) is 6.07. The van der Waals surface area contributed by atoms with Gasteiger partial charge in [0.15, 0.2) is 0 Å². The molecule has 2 aliphatic rings. The molecule has 5 rings (SSSR count). The fourth-order valence-corrected chi connectivity index (χ4v) is 5.15. The smallest absolute Gasteiger partial charge is 0.407 e. The minimum absolute atomic E-state index is 0.0445. The van der Waals surface area contributed by atoms with Crippen LogP contribution in [-0.4, -0.2) is 35.4 Å². The second kappa shape index (κ2) is 9.31. The molecular weight excluding hydrogens is 430 g/mol. The van der Waals surface area contributed by atoms with Crippen LogP contribution < -0.4 is 5.32 Å². The Labute approximate surface area is 198 Å². The molecule has 2 N–H and O–H groups in total. The fraction of sp³-hybridized carbons (Fsp3) is 0.286. The predicted molar refractivity (Wildman–Crippen MR) is 127 cm³/mol. The molecule has 0 aliphatic heterocycles. The largest absolute Gasteiger partial charge is 0.481 e. The minimum atomic E-state index is -0.958. The maximum absolute atomic E-state index is 12.7. The molecule has 0 spiro atoms. The molecule has 0 bridgehead atoms. The lowest BCUT2D eigenvalue weighted by Gasteiger charge is -2.46. The molecule has 0 saturated heterocycles. The molecule has 0 atom stereocenters. The summed E-state index contributed by atoms with van der Waals surface area (Å²) in [7, 11) is 0. The number of fused-ring (bicyclic) bond motifs is 3. The normalized spacial score (nSPS) is 20.6. The third kappa shape index (κ3) is 4.54. The van der Waals surface area contributed by atoms with E-state index in [-0.39, 0.29) is 25.0 Å². The summed E-state index contributed by atoms with van der Waals surface area (Å²) in [5.74, 6) is -1.00. The van der Waals surface area contributed by atoms with Crippen LogP contribution >= 0.6 is 0 Å². The number of carboxylic acid groups (broad SMARTS) is 1. The standard InChI is InChI=1S/C28H27NO5/c30-26(31)16-28(14-20(15-28)33-17-19-8-2-1-3-9-19)29-27(32)34-18-25-23-12-6-4-10-21(23)22-11-5-7-13-24(22)25/h1-13,20,25H,14-18H2,(H,29,32)(H,30,31). The van der Waals surface area contributed by atoms with Crippen molar-refractivity contribution in [2.45, 2.75) is 43.4 Å². The maximum atomic E-state index is 12.7. The van der Waals surface area contributed by atoms with E-state index in [2.05, 4.69) is 29.6 Å². The van der Waals surface area contributed by atoms with Crippen LogP contribution in [0.3, 0.4) is 0 Å². The van der Waals surface area contributed by atoms with Gasteiger partial charge in [0.25, 0.3) is 0 Å². The molecule has 174 valence electrons. The molecule has 0 aromatic heterocycles. The van der Waals surface area contributed by atoms with Crippen LogP contribution in [0.4, 0.5) is 4.79 Å². The predicted octanol–water partition coefficient (Wildman–Crippen LogP) is 5.12. The number of nitrogens with one attached hydrogen (secondary N) is 1. The van der Waals surface area contributed by atoms with E-state index in [9.17, 15) is 14.7 Å². The Balaban J connectivity index is 1.19. The number of ether oxygens (including phenoxy) is 2. The molecule has 1 saturated carbocycles. The first-order valence-corrected chi connectivity index (χ1v) is 11.5. The van der Waals surface area contributed by atoms with E-state index in [0.717, 1.165) is 27.8 Å². The summed E-state index contributed by atoms with van der Waals surface area (Å²) >= 11 is 0. The monoisotopic (exact) mass is 457 g/mol. The Morgan fingerprint density at radius 3 is 2.09 bits per heavy atom. The number of benzene rings is 3. The third-order valence-corrected chi connectivity index (χ3v) is 6.77. The van der Waals surface area contributed by atoms with Crippen LogP contribution in [0.15, 0.2) is 78.9 Å². The van der Waals surface area contributed by atoms with Gasteiger partial charge in [-0.15, -0.1) is 0 Å². The Hall–Kier alpha value is -3.64. The summed E-state index contributed by atoms with van der Waals surface area (Å²) in [5, 5.41) is 12.2. The van der Waals surface area contributed by atoms with Crippen LogP contribution in [0, 0.1) is 0 Å². The summed E-state index contributed by atoms with van der Waals surface area (Å²) < 4.78 is 11.6. The Morgan fingerprint density at radius 1 is 0.882 bits per heavy atom. The van der Waals surface area contributed by atoms with Crippen LogP contribution in [0.1, 0.15) is 41.9 Å². The molecule has 34 heavy (non-hydrogen) atoms. The molecular formula is C28H27NO5. The molecule has 1 amide bonds. The summed E-state index contributed by atoms with van der Waals surface area (Å²) in [6.45, 7) is 0.649. The number of carboxylic acids is 1. The number of carbonyl (C=O) groups is 2. The molecule has 2 aliphatic carbocycles.